The molecule has 0 atom stereocenters. The van der Waals surface area contributed by atoms with E-state index in [0.717, 1.165) is 0 Å². The van der Waals surface area contributed by atoms with E-state index in [1.165, 1.54) is 6.20 Å². The van der Waals surface area contributed by atoms with Gasteiger partial charge in [-0.2, -0.15) is 0 Å². The molecule has 0 aromatic carbocycles. The summed E-state index contributed by atoms with van der Waals surface area (Å²) in [5.74, 6) is 0. The first-order valence-electron chi connectivity index (χ1n) is 3.15. The monoisotopic (exact) mass is 313 g/mol. The Bertz CT molecular complexity index is 344. The van der Waals surface area contributed by atoms with Crippen molar-refractivity contribution < 1.29 is 13.6 Å². The SMILES string of the molecule is O=Cc1cnc(Br)c(C(F)F)c1Br. The quantitative estimate of drug-likeness (QED) is 0.619. The summed E-state index contributed by atoms with van der Waals surface area (Å²) in [6.45, 7) is 0. The highest BCUT2D eigenvalue weighted by Gasteiger charge is 2.19. The number of hydrogen-bond acceptors (Lipinski definition) is 2. The number of aldehydes is 1. The van der Waals surface area contributed by atoms with Gasteiger partial charge in [0.2, 0.25) is 0 Å². The van der Waals surface area contributed by atoms with Gasteiger partial charge in [0.05, 0.1) is 5.56 Å². The Labute approximate surface area is 89.6 Å². The van der Waals surface area contributed by atoms with Gasteiger partial charge in [0.15, 0.2) is 6.29 Å². The van der Waals surface area contributed by atoms with Crippen molar-refractivity contribution in [3.05, 3.63) is 26.4 Å². The topological polar surface area (TPSA) is 30.0 Å². The van der Waals surface area contributed by atoms with E-state index in [1.54, 1.807) is 0 Å². The van der Waals surface area contributed by atoms with Gasteiger partial charge in [-0.05, 0) is 31.9 Å². The Balaban J connectivity index is 3.38. The van der Waals surface area contributed by atoms with Crippen LogP contribution in [0.3, 0.4) is 0 Å². The summed E-state index contributed by atoms with van der Waals surface area (Å²) in [6, 6.07) is 0. The highest BCUT2D eigenvalue weighted by atomic mass is 79.9. The summed E-state index contributed by atoms with van der Waals surface area (Å²) in [4.78, 5) is 14.0. The van der Waals surface area contributed by atoms with Crippen LogP contribution >= 0.6 is 31.9 Å². The van der Waals surface area contributed by atoms with Gasteiger partial charge < -0.3 is 0 Å². The van der Waals surface area contributed by atoms with E-state index < -0.39 is 6.43 Å². The van der Waals surface area contributed by atoms with Crippen LogP contribution in [0.4, 0.5) is 8.78 Å². The van der Waals surface area contributed by atoms with E-state index in [4.69, 9.17) is 0 Å². The Morgan fingerprint density at radius 1 is 1.46 bits per heavy atom. The lowest BCUT2D eigenvalue weighted by Crippen LogP contribution is -1.96. The number of pyridine rings is 1. The standard InChI is InChI=1S/C7H3Br2F2NO/c8-5-3(2-13)1-12-6(9)4(5)7(10)11/h1-2,7H. The number of rotatable bonds is 2. The first-order chi connectivity index (χ1) is 6.07. The molecule has 0 bridgehead atoms. The van der Waals surface area contributed by atoms with E-state index in [1.807, 2.05) is 0 Å². The molecule has 70 valence electrons. The second kappa shape index (κ2) is 4.23. The molecule has 0 radical (unpaired) electrons. The molecule has 0 saturated heterocycles. The molecular formula is C7H3Br2F2NO. The molecular weight excluding hydrogens is 312 g/mol. The Morgan fingerprint density at radius 2 is 2.08 bits per heavy atom. The maximum Gasteiger partial charge on any atom is 0.267 e. The van der Waals surface area contributed by atoms with Crippen molar-refractivity contribution >= 4 is 38.1 Å². The molecule has 0 N–H and O–H groups in total. The summed E-state index contributed by atoms with van der Waals surface area (Å²) in [5.41, 5.74) is -0.192. The van der Waals surface area contributed by atoms with Gasteiger partial charge in [-0.25, -0.2) is 13.8 Å². The molecule has 0 spiro atoms. The smallest absolute Gasteiger partial charge is 0.267 e. The Kier molecular flexibility index (Phi) is 3.49. The molecule has 0 saturated carbocycles. The van der Waals surface area contributed by atoms with Crippen LogP contribution in [0, 0.1) is 0 Å². The van der Waals surface area contributed by atoms with Crippen molar-refractivity contribution in [2.75, 3.05) is 0 Å². The zero-order chi connectivity index (χ0) is 10.0. The van der Waals surface area contributed by atoms with Crippen molar-refractivity contribution in [3.63, 3.8) is 0 Å². The van der Waals surface area contributed by atoms with E-state index in [-0.39, 0.29) is 20.2 Å². The molecule has 0 fully saturated rings. The lowest BCUT2D eigenvalue weighted by molar-refractivity contribution is 0.112. The average molecular weight is 315 g/mol. The van der Waals surface area contributed by atoms with Crippen molar-refractivity contribution in [1.82, 2.24) is 4.98 Å². The summed E-state index contributed by atoms with van der Waals surface area (Å²) < 4.78 is 24.9. The minimum atomic E-state index is -2.67. The summed E-state index contributed by atoms with van der Waals surface area (Å²) in [7, 11) is 0. The lowest BCUT2D eigenvalue weighted by Gasteiger charge is -2.06. The Morgan fingerprint density at radius 3 is 2.54 bits per heavy atom. The van der Waals surface area contributed by atoms with E-state index in [2.05, 4.69) is 36.8 Å². The van der Waals surface area contributed by atoms with E-state index >= 15 is 0 Å². The van der Waals surface area contributed by atoms with Gasteiger partial charge in [-0.15, -0.1) is 0 Å². The van der Waals surface area contributed by atoms with Crippen molar-refractivity contribution in [2.45, 2.75) is 6.43 Å². The molecule has 2 nitrogen and oxygen atoms in total. The third kappa shape index (κ3) is 2.11. The molecule has 0 unspecified atom stereocenters. The van der Waals surface area contributed by atoms with Gasteiger partial charge in [0, 0.05) is 16.2 Å². The van der Waals surface area contributed by atoms with Crippen molar-refractivity contribution in [2.24, 2.45) is 0 Å². The van der Waals surface area contributed by atoms with Crippen LogP contribution in [0.5, 0.6) is 0 Å². The number of nitrogens with zero attached hydrogens (tertiary/aromatic N) is 1. The van der Waals surface area contributed by atoms with Gasteiger partial charge in [-0.3, -0.25) is 4.79 Å². The summed E-state index contributed by atoms with van der Waals surface area (Å²) in [6.07, 6.45) is -0.987. The Hall–Kier alpha value is -0.360. The van der Waals surface area contributed by atoms with Crippen LogP contribution in [0.15, 0.2) is 15.3 Å². The third-order valence-electron chi connectivity index (χ3n) is 1.37. The van der Waals surface area contributed by atoms with Gasteiger partial charge in [0.1, 0.15) is 4.60 Å². The molecule has 1 rings (SSSR count). The second-order valence-electron chi connectivity index (χ2n) is 2.15. The summed E-state index contributed by atoms with van der Waals surface area (Å²) in [5, 5.41) is 0. The van der Waals surface area contributed by atoms with Crippen LogP contribution in [0.1, 0.15) is 22.3 Å². The maximum absolute atomic E-state index is 12.4. The number of carbonyl (C=O) groups is 1. The molecule has 0 aliphatic carbocycles. The third-order valence-corrected chi connectivity index (χ3v) is 2.89. The lowest BCUT2D eigenvalue weighted by atomic mass is 10.2. The number of halogens is 4. The van der Waals surface area contributed by atoms with Crippen LogP contribution in [-0.4, -0.2) is 11.3 Å². The first kappa shape index (κ1) is 10.7. The second-order valence-corrected chi connectivity index (χ2v) is 3.69. The molecule has 0 aliphatic rings. The predicted octanol–water partition coefficient (Wildman–Crippen LogP) is 3.36. The van der Waals surface area contributed by atoms with Gasteiger partial charge in [0.25, 0.3) is 6.43 Å². The highest BCUT2D eigenvalue weighted by Crippen LogP contribution is 2.33. The fraction of sp³-hybridized carbons (Fsp3) is 0.143. The zero-order valence-corrected chi connectivity index (χ0v) is 9.27. The first-order valence-corrected chi connectivity index (χ1v) is 4.73. The van der Waals surface area contributed by atoms with Crippen molar-refractivity contribution in [1.29, 1.82) is 0 Å². The van der Waals surface area contributed by atoms with Crippen LogP contribution in [0.2, 0.25) is 0 Å². The minimum Gasteiger partial charge on any atom is -0.298 e. The molecule has 6 heteroatoms. The maximum atomic E-state index is 12.4. The molecule has 0 aliphatic heterocycles. The average Bonchev–Trinajstić information content (AvgIpc) is 2.04. The zero-order valence-electron chi connectivity index (χ0n) is 6.10. The van der Waals surface area contributed by atoms with Gasteiger partial charge >= 0.3 is 0 Å². The number of alkyl halides is 2. The number of hydrogen-bond donors (Lipinski definition) is 0. The minimum absolute atomic E-state index is 0.0416. The highest BCUT2D eigenvalue weighted by molar-refractivity contribution is 9.11. The summed E-state index contributed by atoms with van der Waals surface area (Å²) >= 11 is 5.79. The van der Waals surface area contributed by atoms with Crippen LogP contribution in [-0.2, 0) is 0 Å². The fourth-order valence-electron chi connectivity index (χ4n) is 0.766. The number of aromatic nitrogens is 1. The van der Waals surface area contributed by atoms with Crippen molar-refractivity contribution in [3.8, 4) is 0 Å². The van der Waals surface area contributed by atoms with Crippen LogP contribution in [0.25, 0.3) is 0 Å². The van der Waals surface area contributed by atoms with Gasteiger partial charge in [-0.1, -0.05) is 0 Å². The van der Waals surface area contributed by atoms with Crippen LogP contribution < -0.4 is 0 Å². The van der Waals surface area contributed by atoms with E-state index in [0.29, 0.717) is 6.29 Å². The predicted molar refractivity (Wildman–Crippen MR) is 50.0 cm³/mol. The molecule has 1 aromatic rings. The van der Waals surface area contributed by atoms with E-state index in [9.17, 15) is 13.6 Å². The normalized spacial score (nSPS) is 10.5. The molecule has 1 heterocycles. The molecule has 13 heavy (non-hydrogen) atoms. The molecule has 1 aromatic heterocycles. The largest absolute Gasteiger partial charge is 0.298 e. The number of carbonyl (C=O) groups excluding carboxylic acids is 1. The fourth-order valence-corrected chi connectivity index (χ4v) is 2.06. The molecule has 0 amide bonds.